The first-order valence-corrected chi connectivity index (χ1v) is 5.59. The van der Waals surface area contributed by atoms with Crippen LogP contribution in [0, 0.1) is 11.8 Å². The lowest BCUT2D eigenvalue weighted by Crippen LogP contribution is -2.32. The van der Waals surface area contributed by atoms with Gasteiger partial charge in [-0.25, -0.2) is 0 Å². The lowest BCUT2D eigenvalue weighted by Gasteiger charge is -2.11. The van der Waals surface area contributed by atoms with Crippen LogP contribution in [0.15, 0.2) is 0 Å². The molecule has 1 unspecified atom stereocenters. The number of carbonyl (C=O) groups is 2. The standard InChI is InChI=1S/C11H19NO3/c1-8(11(14)15)7-12-10(13)6-9-4-2-3-5-9/h8-9H,2-7H2,1H3,(H,12,13)(H,14,15). The van der Waals surface area contributed by atoms with E-state index < -0.39 is 11.9 Å². The molecule has 0 spiro atoms. The zero-order valence-corrected chi connectivity index (χ0v) is 9.16. The summed E-state index contributed by atoms with van der Waals surface area (Å²) in [5.41, 5.74) is 0. The van der Waals surface area contributed by atoms with Gasteiger partial charge in [-0.05, 0) is 18.8 Å². The Hall–Kier alpha value is -1.06. The van der Waals surface area contributed by atoms with Crippen molar-refractivity contribution >= 4 is 11.9 Å². The summed E-state index contributed by atoms with van der Waals surface area (Å²) in [6, 6.07) is 0. The molecule has 1 atom stereocenters. The van der Waals surface area contributed by atoms with Crippen LogP contribution in [0.4, 0.5) is 0 Å². The molecule has 1 rings (SSSR count). The molecule has 0 aliphatic heterocycles. The van der Waals surface area contributed by atoms with Crippen molar-refractivity contribution < 1.29 is 14.7 Å². The van der Waals surface area contributed by atoms with Crippen molar-refractivity contribution in [3.8, 4) is 0 Å². The number of hydrogen-bond donors (Lipinski definition) is 2. The molecule has 0 radical (unpaired) electrons. The molecule has 2 N–H and O–H groups in total. The maximum atomic E-state index is 11.4. The van der Waals surface area contributed by atoms with Gasteiger partial charge in [-0.1, -0.05) is 19.8 Å². The summed E-state index contributed by atoms with van der Waals surface area (Å²) in [5.74, 6) is -0.853. The Labute approximate surface area is 90.0 Å². The quantitative estimate of drug-likeness (QED) is 0.725. The Morgan fingerprint density at radius 1 is 1.40 bits per heavy atom. The molecule has 1 fully saturated rings. The lowest BCUT2D eigenvalue weighted by atomic mass is 10.0. The molecule has 0 aromatic rings. The number of carboxylic acid groups (broad SMARTS) is 1. The van der Waals surface area contributed by atoms with Gasteiger partial charge >= 0.3 is 5.97 Å². The van der Waals surface area contributed by atoms with Gasteiger partial charge in [-0.2, -0.15) is 0 Å². The third-order valence-electron chi connectivity index (χ3n) is 2.98. The zero-order chi connectivity index (χ0) is 11.3. The van der Waals surface area contributed by atoms with Gasteiger partial charge in [-0.3, -0.25) is 9.59 Å². The third kappa shape index (κ3) is 4.32. The summed E-state index contributed by atoms with van der Waals surface area (Å²) in [5, 5.41) is 11.3. The van der Waals surface area contributed by atoms with Crippen LogP contribution in [-0.4, -0.2) is 23.5 Å². The fraction of sp³-hybridized carbons (Fsp3) is 0.818. The van der Waals surface area contributed by atoms with E-state index in [1.807, 2.05) is 0 Å². The molecule has 4 nitrogen and oxygen atoms in total. The van der Waals surface area contributed by atoms with Crippen molar-refractivity contribution in [2.24, 2.45) is 11.8 Å². The smallest absolute Gasteiger partial charge is 0.308 e. The van der Waals surface area contributed by atoms with Crippen LogP contribution in [0.2, 0.25) is 0 Å². The van der Waals surface area contributed by atoms with Crippen molar-refractivity contribution in [1.82, 2.24) is 5.32 Å². The first-order chi connectivity index (χ1) is 7.09. The number of rotatable bonds is 5. The number of hydrogen-bond acceptors (Lipinski definition) is 2. The SMILES string of the molecule is CC(CNC(=O)CC1CCCC1)C(=O)O. The molecule has 1 amide bonds. The predicted octanol–water partition coefficient (Wildman–Crippen LogP) is 1.40. The van der Waals surface area contributed by atoms with Gasteiger partial charge in [-0.15, -0.1) is 0 Å². The van der Waals surface area contributed by atoms with Crippen LogP contribution in [0.1, 0.15) is 39.0 Å². The Bertz CT molecular complexity index is 234. The molecule has 0 aromatic heterocycles. The van der Waals surface area contributed by atoms with Crippen molar-refractivity contribution in [2.75, 3.05) is 6.54 Å². The van der Waals surface area contributed by atoms with Gasteiger partial charge in [0.1, 0.15) is 0 Å². The number of carbonyl (C=O) groups excluding carboxylic acids is 1. The first-order valence-electron chi connectivity index (χ1n) is 5.59. The fourth-order valence-corrected chi connectivity index (χ4v) is 1.90. The third-order valence-corrected chi connectivity index (χ3v) is 2.98. The van der Waals surface area contributed by atoms with Crippen LogP contribution in [0.25, 0.3) is 0 Å². The van der Waals surface area contributed by atoms with Crippen LogP contribution in [0.5, 0.6) is 0 Å². The molecular weight excluding hydrogens is 194 g/mol. The molecular formula is C11H19NO3. The Kier molecular flexibility index (Phi) is 4.59. The average Bonchev–Trinajstić information content (AvgIpc) is 2.66. The van der Waals surface area contributed by atoms with E-state index in [-0.39, 0.29) is 12.5 Å². The summed E-state index contributed by atoms with van der Waals surface area (Å²) >= 11 is 0. The highest BCUT2D eigenvalue weighted by Crippen LogP contribution is 2.27. The predicted molar refractivity (Wildman–Crippen MR) is 56.4 cm³/mol. The zero-order valence-electron chi connectivity index (χ0n) is 9.16. The van der Waals surface area contributed by atoms with E-state index >= 15 is 0 Å². The van der Waals surface area contributed by atoms with E-state index in [0.717, 1.165) is 12.8 Å². The number of amides is 1. The molecule has 1 saturated carbocycles. The molecule has 0 saturated heterocycles. The summed E-state index contributed by atoms with van der Waals surface area (Å²) in [4.78, 5) is 21.9. The van der Waals surface area contributed by atoms with Crippen LogP contribution >= 0.6 is 0 Å². The Balaban J connectivity index is 2.15. The maximum Gasteiger partial charge on any atom is 0.308 e. The molecule has 86 valence electrons. The highest BCUT2D eigenvalue weighted by molar-refractivity contribution is 5.77. The van der Waals surface area contributed by atoms with Gasteiger partial charge in [0.15, 0.2) is 0 Å². The van der Waals surface area contributed by atoms with E-state index in [1.165, 1.54) is 12.8 Å². The lowest BCUT2D eigenvalue weighted by molar-refractivity contribution is -0.141. The molecule has 0 aromatic carbocycles. The largest absolute Gasteiger partial charge is 0.481 e. The average molecular weight is 213 g/mol. The maximum absolute atomic E-state index is 11.4. The van der Waals surface area contributed by atoms with Gasteiger partial charge in [0, 0.05) is 13.0 Å². The van der Waals surface area contributed by atoms with Crippen molar-refractivity contribution in [3.63, 3.8) is 0 Å². The molecule has 0 bridgehead atoms. The van der Waals surface area contributed by atoms with Crippen LogP contribution in [-0.2, 0) is 9.59 Å². The van der Waals surface area contributed by atoms with Crippen molar-refractivity contribution in [2.45, 2.75) is 39.0 Å². The van der Waals surface area contributed by atoms with E-state index in [1.54, 1.807) is 6.92 Å². The molecule has 15 heavy (non-hydrogen) atoms. The van der Waals surface area contributed by atoms with Gasteiger partial charge in [0.2, 0.25) is 5.91 Å². The van der Waals surface area contributed by atoms with E-state index in [4.69, 9.17) is 5.11 Å². The van der Waals surface area contributed by atoms with Crippen molar-refractivity contribution in [1.29, 1.82) is 0 Å². The van der Waals surface area contributed by atoms with Gasteiger partial charge in [0.25, 0.3) is 0 Å². The van der Waals surface area contributed by atoms with Gasteiger partial charge in [0.05, 0.1) is 5.92 Å². The second-order valence-electron chi connectivity index (χ2n) is 4.40. The van der Waals surface area contributed by atoms with Crippen LogP contribution in [0.3, 0.4) is 0 Å². The summed E-state index contributed by atoms with van der Waals surface area (Å²) in [6.07, 6.45) is 5.29. The second-order valence-corrected chi connectivity index (χ2v) is 4.40. The minimum Gasteiger partial charge on any atom is -0.481 e. The molecule has 1 aliphatic carbocycles. The van der Waals surface area contributed by atoms with Crippen molar-refractivity contribution in [3.05, 3.63) is 0 Å². The Morgan fingerprint density at radius 3 is 2.53 bits per heavy atom. The van der Waals surface area contributed by atoms with Crippen LogP contribution < -0.4 is 5.32 Å². The van der Waals surface area contributed by atoms with Gasteiger partial charge < -0.3 is 10.4 Å². The Morgan fingerprint density at radius 2 is 2.00 bits per heavy atom. The molecule has 4 heteroatoms. The van der Waals surface area contributed by atoms with E-state index in [0.29, 0.717) is 12.3 Å². The minimum absolute atomic E-state index is 0.00463. The minimum atomic E-state index is -0.865. The van der Waals surface area contributed by atoms with E-state index in [2.05, 4.69) is 5.32 Å². The normalized spacial score (nSPS) is 18.7. The highest BCUT2D eigenvalue weighted by Gasteiger charge is 2.19. The summed E-state index contributed by atoms with van der Waals surface area (Å²) < 4.78 is 0. The fourth-order valence-electron chi connectivity index (χ4n) is 1.90. The topological polar surface area (TPSA) is 66.4 Å². The summed E-state index contributed by atoms with van der Waals surface area (Å²) in [6.45, 7) is 1.83. The number of carboxylic acids is 1. The first kappa shape index (κ1) is 12.0. The molecule has 1 aliphatic rings. The summed E-state index contributed by atoms with van der Waals surface area (Å²) in [7, 11) is 0. The number of aliphatic carboxylic acids is 1. The molecule has 0 heterocycles. The monoisotopic (exact) mass is 213 g/mol. The number of nitrogens with one attached hydrogen (secondary N) is 1. The second kappa shape index (κ2) is 5.73. The van der Waals surface area contributed by atoms with E-state index in [9.17, 15) is 9.59 Å². The highest BCUT2D eigenvalue weighted by atomic mass is 16.4.